The first-order valence-corrected chi connectivity index (χ1v) is 7.31. The highest BCUT2D eigenvalue weighted by molar-refractivity contribution is 5.82. The zero-order valence-electron chi connectivity index (χ0n) is 12.4. The first-order valence-electron chi connectivity index (χ1n) is 7.31. The Balaban J connectivity index is 1.59. The van der Waals surface area contributed by atoms with Crippen molar-refractivity contribution in [1.29, 1.82) is 0 Å². The molecule has 0 aliphatic rings. The van der Waals surface area contributed by atoms with Crippen LogP contribution in [-0.4, -0.2) is 21.5 Å². The fourth-order valence-electron chi connectivity index (χ4n) is 2.61. The van der Waals surface area contributed by atoms with E-state index in [9.17, 15) is 0 Å². The molecule has 0 spiro atoms. The summed E-state index contributed by atoms with van der Waals surface area (Å²) in [6.07, 6.45) is 4.59. The van der Waals surface area contributed by atoms with Gasteiger partial charge < -0.3 is 9.73 Å². The second-order valence-corrected chi connectivity index (χ2v) is 5.28. The molecule has 2 heterocycles. The predicted octanol–water partition coefficient (Wildman–Crippen LogP) is 3.07. The van der Waals surface area contributed by atoms with Gasteiger partial charge in [0.05, 0.1) is 12.2 Å². The van der Waals surface area contributed by atoms with Gasteiger partial charge in [0, 0.05) is 18.1 Å². The van der Waals surface area contributed by atoms with Crippen LogP contribution in [0.1, 0.15) is 30.7 Å². The molecule has 0 saturated carbocycles. The average molecular weight is 284 g/mol. The Morgan fingerprint density at radius 2 is 2.19 bits per heavy atom. The Morgan fingerprint density at radius 3 is 2.95 bits per heavy atom. The molecule has 0 fully saturated rings. The van der Waals surface area contributed by atoms with Crippen molar-refractivity contribution in [2.45, 2.75) is 32.9 Å². The fraction of sp³-hybridized carbons (Fsp3) is 0.375. The van der Waals surface area contributed by atoms with Crippen LogP contribution in [0.2, 0.25) is 0 Å². The summed E-state index contributed by atoms with van der Waals surface area (Å²) < 4.78 is 7.82. The summed E-state index contributed by atoms with van der Waals surface area (Å²) in [5.41, 5.74) is 2.18. The van der Waals surface area contributed by atoms with Crippen molar-refractivity contribution in [3.05, 3.63) is 48.0 Å². The number of hydrogen-bond donors (Lipinski definition) is 1. The Labute approximate surface area is 123 Å². The molecular weight excluding hydrogens is 264 g/mol. The second-order valence-electron chi connectivity index (χ2n) is 5.28. The number of aryl methyl sites for hydroxylation is 2. The highest BCUT2D eigenvalue weighted by Crippen LogP contribution is 2.28. The highest BCUT2D eigenvalue weighted by Gasteiger charge is 2.15. The van der Waals surface area contributed by atoms with Crippen molar-refractivity contribution in [3.63, 3.8) is 0 Å². The zero-order chi connectivity index (χ0) is 14.7. The lowest BCUT2D eigenvalue weighted by molar-refractivity contribution is 0.433. The van der Waals surface area contributed by atoms with Crippen molar-refractivity contribution in [1.82, 2.24) is 20.3 Å². The number of para-hydroxylation sites is 1. The second kappa shape index (κ2) is 6.10. The quantitative estimate of drug-likeness (QED) is 0.707. The first-order chi connectivity index (χ1) is 10.3. The SMILES string of the molecule is Cc1c(C(C)NCCCn2ccnn2)oc2ccccc12. The summed E-state index contributed by atoms with van der Waals surface area (Å²) in [7, 11) is 0. The minimum Gasteiger partial charge on any atom is -0.459 e. The molecule has 0 aliphatic heterocycles. The van der Waals surface area contributed by atoms with E-state index in [-0.39, 0.29) is 6.04 Å². The normalized spacial score (nSPS) is 12.9. The van der Waals surface area contributed by atoms with Crippen LogP contribution in [0, 0.1) is 6.92 Å². The van der Waals surface area contributed by atoms with Crippen molar-refractivity contribution in [2.75, 3.05) is 6.54 Å². The highest BCUT2D eigenvalue weighted by atomic mass is 16.3. The molecule has 0 saturated heterocycles. The molecule has 1 unspecified atom stereocenters. The van der Waals surface area contributed by atoms with Gasteiger partial charge in [-0.25, -0.2) is 0 Å². The summed E-state index contributed by atoms with van der Waals surface area (Å²) >= 11 is 0. The smallest absolute Gasteiger partial charge is 0.134 e. The van der Waals surface area contributed by atoms with Crippen LogP contribution in [-0.2, 0) is 6.54 Å². The summed E-state index contributed by atoms with van der Waals surface area (Å²) in [6.45, 7) is 6.05. The minimum atomic E-state index is 0.202. The van der Waals surface area contributed by atoms with Crippen LogP contribution in [0.3, 0.4) is 0 Å². The van der Waals surface area contributed by atoms with Crippen LogP contribution >= 0.6 is 0 Å². The van der Waals surface area contributed by atoms with Gasteiger partial charge in [-0.2, -0.15) is 0 Å². The molecule has 1 aromatic carbocycles. The number of hydrogen-bond acceptors (Lipinski definition) is 4. The lowest BCUT2D eigenvalue weighted by atomic mass is 10.1. The number of rotatable bonds is 6. The number of fused-ring (bicyclic) bond motifs is 1. The van der Waals surface area contributed by atoms with Crippen molar-refractivity contribution in [2.24, 2.45) is 0 Å². The van der Waals surface area contributed by atoms with Gasteiger partial charge >= 0.3 is 0 Å². The number of furan rings is 1. The van der Waals surface area contributed by atoms with Gasteiger partial charge in [-0.15, -0.1) is 5.10 Å². The molecule has 1 atom stereocenters. The first kappa shape index (κ1) is 13.8. The van der Waals surface area contributed by atoms with Crippen molar-refractivity contribution in [3.8, 4) is 0 Å². The monoisotopic (exact) mass is 284 g/mol. The topological polar surface area (TPSA) is 55.9 Å². The van der Waals surface area contributed by atoms with Crippen LogP contribution in [0.15, 0.2) is 41.1 Å². The molecule has 0 radical (unpaired) electrons. The van der Waals surface area contributed by atoms with E-state index in [1.165, 1.54) is 10.9 Å². The van der Waals surface area contributed by atoms with Gasteiger partial charge in [0.1, 0.15) is 11.3 Å². The van der Waals surface area contributed by atoms with Gasteiger partial charge in [0.15, 0.2) is 0 Å². The lowest BCUT2D eigenvalue weighted by Gasteiger charge is -2.12. The Hall–Kier alpha value is -2.14. The predicted molar refractivity (Wildman–Crippen MR) is 82.0 cm³/mol. The third-order valence-corrected chi connectivity index (χ3v) is 3.76. The average Bonchev–Trinajstić information content (AvgIpc) is 3.12. The Morgan fingerprint density at radius 1 is 1.33 bits per heavy atom. The lowest BCUT2D eigenvalue weighted by Crippen LogP contribution is -2.21. The standard InChI is InChI=1S/C16H20N4O/c1-12-14-6-3-4-7-15(14)21-16(12)13(2)17-8-5-10-20-11-9-18-19-20/h3-4,6-7,9,11,13,17H,5,8,10H2,1-2H3. The molecular formula is C16H20N4O. The molecule has 0 aliphatic carbocycles. The van der Waals surface area contributed by atoms with Crippen molar-refractivity contribution < 1.29 is 4.42 Å². The summed E-state index contributed by atoms with van der Waals surface area (Å²) in [5, 5.41) is 12.5. The van der Waals surface area contributed by atoms with Gasteiger partial charge in [-0.05, 0) is 38.4 Å². The molecule has 5 nitrogen and oxygen atoms in total. The van der Waals surface area contributed by atoms with E-state index in [0.29, 0.717) is 0 Å². The zero-order valence-corrected chi connectivity index (χ0v) is 12.4. The van der Waals surface area contributed by atoms with Crippen LogP contribution < -0.4 is 5.32 Å². The number of nitrogens with zero attached hydrogens (tertiary/aromatic N) is 3. The third-order valence-electron chi connectivity index (χ3n) is 3.76. The van der Waals surface area contributed by atoms with Crippen LogP contribution in [0.5, 0.6) is 0 Å². The Bertz CT molecular complexity index is 702. The van der Waals surface area contributed by atoms with Gasteiger partial charge in [-0.3, -0.25) is 4.68 Å². The summed E-state index contributed by atoms with van der Waals surface area (Å²) in [4.78, 5) is 0. The molecule has 2 aromatic heterocycles. The van der Waals surface area contributed by atoms with E-state index in [0.717, 1.165) is 30.9 Å². The molecule has 3 aromatic rings. The van der Waals surface area contributed by atoms with E-state index in [2.05, 4.69) is 35.5 Å². The summed E-state index contributed by atoms with van der Waals surface area (Å²) in [6, 6.07) is 8.38. The van der Waals surface area contributed by atoms with Gasteiger partial charge in [0.25, 0.3) is 0 Å². The molecule has 1 N–H and O–H groups in total. The van der Waals surface area contributed by atoms with Crippen molar-refractivity contribution >= 4 is 11.0 Å². The molecule has 0 bridgehead atoms. The fourth-order valence-corrected chi connectivity index (χ4v) is 2.61. The molecule has 0 amide bonds. The van der Waals surface area contributed by atoms with E-state index >= 15 is 0 Å². The Kier molecular flexibility index (Phi) is 4.01. The van der Waals surface area contributed by atoms with Crippen LogP contribution in [0.4, 0.5) is 0 Å². The van der Waals surface area contributed by atoms with Gasteiger partial charge in [0.2, 0.25) is 0 Å². The third kappa shape index (κ3) is 2.97. The largest absolute Gasteiger partial charge is 0.459 e. The summed E-state index contributed by atoms with van der Waals surface area (Å²) in [5.74, 6) is 1.02. The molecule has 110 valence electrons. The van der Waals surface area contributed by atoms with E-state index < -0.39 is 0 Å². The maximum atomic E-state index is 5.97. The maximum absolute atomic E-state index is 5.97. The molecule has 5 heteroatoms. The van der Waals surface area contributed by atoms with E-state index in [1.807, 2.05) is 29.1 Å². The molecule has 21 heavy (non-hydrogen) atoms. The molecule has 3 rings (SSSR count). The van der Waals surface area contributed by atoms with E-state index in [1.54, 1.807) is 6.20 Å². The maximum Gasteiger partial charge on any atom is 0.134 e. The number of nitrogens with one attached hydrogen (secondary N) is 1. The van der Waals surface area contributed by atoms with E-state index in [4.69, 9.17) is 4.42 Å². The number of benzene rings is 1. The minimum absolute atomic E-state index is 0.202. The van der Waals surface area contributed by atoms with Gasteiger partial charge in [-0.1, -0.05) is 23.4 Å². The number of aromatic nitrogens is 3. The van der Waals surface area contributed by atoms with Crippen LogP contribution in [0.25, 0.3) is 11.0 Å².